The van der Waals surface area contributed by atoms with Crippen LogP contribution in [-0.2, 0) is 21.7 Å². The van der Waals surface area contributed by atoms with Gasteiger partial charge in [0.2, 0.25) is 0 Å². The average Bonchev–Trinajstić information content (AvgIpc) is 3.50. The van der Waals surface area contributed by atoms with E-state index in [1.807, 2.05) is 12.1 Å². The number of fused-ring (bicyclic) bond motifs is 5. The molecule has 3 atom stereocenters. The number of hydrogen-bond acceptors (Lipinski definition) is 6. The Morgan fingerprint density at radius 1 is 1.18 bits per heavy atom. The molecule has 0 aliphatic heterocycles. The molecule has 3 aromatic heterocycles. The van der Waals surface area contributed by atoms with Gasteiger partial charge in [0.05, 0.1) is 40.3 Å². The summed E-state index contributed by atoms with van der Waals surface area (Å²) in [5, 5.41) is 13.4. The first kappa shape index (κ1) is 24.7. The molecule has 2 aliphatic carbocycles. The van der Waals surface area contributed by atoms with Crippen LogP contribution in [0.2, 0.25) is 0 Å². The fourth-order valence-electron chi connectivity index (χ4n) is 6.25. The summed E-state index contributed by atoms with van der Waals surface area (Å²) < 4.78 is 45.4. The number of benzene rings is 1. The van der Waals surface area contributed by atoms with Crippen LogP contribution in [0.4, 0.5) is 8.78 Å². The average molecular weight is 536 g/mol. The highest BCUT2D eigenvalue weighted by Crippen LogP contribution is 2.69. The molecule has 2 bridgehead atoms. The molecule has 2 aliphatic rings. The molecule has 0 saturated heterocycles. The van der Waals surface area contributed by atoms with Gasteiger partial charge in [-0.1, -0.05) is 19.9 Å². The first-order chi connectivity index (χ1) is 18.0. The second-order valence-electron chi connectivity index (χ2n) is 10.7. The third-order valence-electron chi connectivity index (χ3n) is 8.09. The summed E-state index contributed by atoms with van der Waals surface area (Å²) in [4.78, 5) is 9.37. The fraction of sp³-hybridized carbons (Fsp3) is 0.333. The third-order valence-corrected chi connectivity index (χ3v) is 8.84. The molecular formula is C27H27F2N7OS. The van der Waals surface area contributed by atoms with Gasteiger partial charge in [0.25, 0.3) is 5.95 Å². The van der Waals surface area contributed by atoms with Crippen molar-refractivity contribution in [1.29, 1.82) is 0 Å². The van der Waals surface area contributed by atoms with Gasteiger partial charge in [-0.15, -0.1) is 5.10 Å². The Morgan fingerprint density at radius 2 is 1.95 bits per heavy atom. The van der Waals surface area contributed by atoms with Gasteiger partial charge in [-0.3, -0.25) is 4.21 Å². The van der Waals surface area contributed by atoms with Crippen molar-refractivity contribution in [3.05, 3.63) is 83.1 Å². The SMILES string of the molecule is C=S(C)(=O)NCc1ccn(-c2nccc([C@@]34CC[C@@H](c5cc(-c6c(F)cccc6F)nnc53)C4(C)C)n2)n1. The maximum absolute atomic E-state index is 14.5. The molecule has 1 saturated carbocycles. The molecule has 6 rings (SSSR count). The van der Waals surface area contributed by atoms with Crippen LogP contribution >= 0.6 is 0 Å². The van der Waals surface area contributed by atoms with E-state index in [2.05, 4.69) is 44.7 Å². The minimum Gasteiger partial charge on any atom is -0.253 e. The molecule has 1 unspecified atom stereocenters. The predicted molar refractivity (Wildman–Crippen MR) is 141 cm³/mol. The lowest BCUT2D eigenvalue weighted by atomic mass is 9.66. The summed E-state index contributed by atoms with van der Waals surface area (Å²) in [5.74, 6) is 2.81. The van der Waals surface area contributed by atoms with Gasteiger partial charge in [0.15, 0.2) is 0 Å². The van der Waals surface area contributed by atoms with Crippen LogP contribution in [0.1, 0.15) is 55.3 Å². The van der Waals surface area contributed by atoms with Crippen molar-refractivity contribution < 1.29 is 13.0 Å². The summed E-state index contributed by atoms with van der Waals surface area (Å²) >= 11 is 0. The summed E-state index contributed by atoms with van der Waals surface area (Å²) in [7, 11) is -2.35. The largest absolute Gasteiger partial charge is 0.253 e. The second-order valence-corrected chi connectivity index (χ2v) is 13.0. The van der Waals surface area contributed by atoms with Crippen molar-refractivity contribution in [2.45, 2.75) is 44.6 Å². The van der Waals surface area contributed by atoms with E-state index in [0.717, 1.165) is 29.8 Å². The molecule has 3 heterocycles. The normalized spacial score (nSPS) is 22.8. The molecule has 1 fully saturated rings. The van der Waals surface area contributed by atoms with Gasteiger partial charge in [-0.2, -0.15) is 10.2 Å². The van der Waals surface area contributed by atoms with Crippen molar-refractivity contribution in [1.82, 2.24) is 34.7 Å². The van der Waals surface area contributed by atoms with Crippen LogP contribution < -0.4 is 4.72 Å². The van der Waals surface area contributed by atoms with Gasteiger partial charge in [-0.25, -0.2) is 28.2 Å². The molecule has 0 spiro atoms. The van der Waals surface area contributed by atoms with E-state index in [-0.39, 0.29) is 22.6 Å². The van der Waals surface area contributed by atoms with Gasteiger partial charge < -0.3 is 0 Å². The Labute approximate surface area is 219 Å². The Kier molecular flexibility index (Phi) is 5.52. The third kappa shape index (κ3) is 3.67. The van der Waals surface area contributed by atoms with Crippen molar-refractivity contribution >= 4 is 15.6 Å². The Morgan fingerprint density at radius 3 is 2.68 bits per heavy atom. The molecule has 4 aromatic rings. The smallest absolute Gasteiger partial charge is 0.250 e. The lowest BCUT2D eigenvalue weighted by Crippen LogP contribution is -2.38. The van der Waals surface area contributed by atoms with Gasteiger partial charge in [-0.05, 0) is 65.9 Å². The molecule has 38 heavy (non-hydrogen) atoms. The summed E-state index contributed by atoms with van der Waals surface area (Å²) in [5.41, 5.74) is 2.46. The summed E-state index contributed by atoms with van der Waals surface area (Å²) in [6.45, 7) is 4.69. The zero-order chi connectivity index (χ0) is 26.9. The van der Waals surface area contributed by atoms with E-state index < -0.39 is 26.8 Å². The molecule has 1 N–H and O–H groups in total. The highest BCUT2D eigenvalue weighted by Gasteiger charge is 2.65. The Balaban J connectivity index is 1.41. The Bertz CT molecular complexity index is 1660. The lowest BCUT2D eigenvalue weighted by Gasteiger charge is -2.37. The van der Waals surface area contributed by atoms with Gasteiger partial charge in [0, 0.05) is 28.4 Å². The number of nitrogens with one attached hydrogen (secondary N) is 1. The molecule has 8 nitrogen and oxygen atoms in total. The van der Waals surface area contributed by atoms with E-state index >= 15 is 0 Å². The van der Waals surface area contributed by atoms with Crippen molar-refractivity contribution in [2.24, 2.45) is 5.41 Å². The highest BCUT2D eigenvalue weighted by atomic mass is 32.2. The number of rotatable bonds is 6. The van der Waals surface area contributed by atoms with Crippen LogP contribution in [0.3, 0.4) is 0 Å². The maximum Gasteiger partial charge on any atom is 0.250 e. The van der Waals surface area contributed by atoms with Crippen LogP contribution in [0.15, 0.2) is 48.8 Å². The van der Waals surface area contributed by atoms with E-state index in [4.69, 9.17) is 4.98 Å². The zero-order valence-corrected chi connectivity index (χ0v) is 22.1. The molecular weight excluding hydrogens is 508 g/mol. The van der Waals surface area contributed by atoms with Crippen LogP contribution in [0.25, 0.3) is 17.2 Å². The van der Waals surface area contributed by atoms with Crippen molar-refractivity contribution in [3.8, 4) is 17.2 Å². The van der Waals surface area contributed by atoms with Gasteiger partial charge in [0.1, 0.15) is 11.6 Å². The molecule has 0 radical (unpaired) electrons. The molecule has 0 amide bonds. The first-order valence-electron chi connectivity index (χ1n) is 12.3. The highest BCUT2D eigenvalue weighted by molar-refractivity contribution is 7.97. The van der Waals surface area contributed by atoms with Crippen molar-refractivity contribution in [2.75, 3.05) is 6.26 Å². The fourth-order valence-corrected chi connectivity index (χ4v) is 6.70. The van der Waals surface area contributed by atoms with E-state index in [1.54, 1.807) is 23.1 Å². The summed E-state index contributed by atoms with van der Waals surface area (Å²) in [6, 6.07) is 9.29. The first-order valence-corrected chi connectivity index (χ1v) is 14.4. The summed E-state index contributed by atoms with van der Waals surface area (Å²) in [6.07, 6.45) is 6.71. The molecule has 11 heteroatoms. The maximum atomic E-state index is 14.5. The van der Waals surface area contributed by atoms with E-state index in [9.17, 15) is 13.0 Å². The molecule has 1 aromatic carbocycles. The van der Waals surface area contributed by atoms with Crippen LogP contribution in [0, 0.1) is 17.0 Å². The Hall–Kier alpha value is -3.57. The minimum absolute atomic E-state index is 0.133. The number of aromatic nitrogens is 6. The van der Waals surface area contributed by atoms with E-state index in [1.165, 1.54) is 24.5 Å². The zero-order valence-electron chi connectivity index (χ0n) is 21.3. The second kappa shape index (κ2) is 8.47. The predicted octanol–water partition coefficient (Wildman–Crippen LogP) is 3.95. The number of hydrogen-bond donors (Lipinski definition) is 1. The standard InChI is InChI=1S/C27H27F2N7OS/c1-26(2)18-8-11-27(26,24-17(18)14-21(33-34-24)23-19(28)6-5-7-20(23)29)22-9-12-30-25(32-22)36-13-10-16(35-36)15-31-38(3,4)37/h5-7,9-10,12-14,18H,3,8,11,15H2,1-2,4H3,(H,31,37)/t18-,27-,38?/m0/s1. The number of halogens is 2. The van der Waals surface area contributed by atoms with Crippen molar-refractivity contribution in [3.63, 3.8) is 0 Å². The monoisotopic (exact) mass is 535 g/mol. The van der Waals surface area contributed by atoms with Crippen LogP contribution in [-0.4, -0.2) is 46.3 Å². The molecule has 196 valence electrons. The topological polar surface area (TPSA) is 98.5 Å². The lowest BCUT2D eigenvalue weighted by molar-refractivity contribution is 0.242. The van der Waals surface area contributed by atoms with Gasteiger partial charge >= 0.3 is 0 Å². The minimum atomic E-state index is -2.35. The van der Waals surface area contributed by atoms with Crippen LogP contribution in [0.5, 0.6) is 0 Å². The van der Waals surface area contributed by atoms with E-state index in [0.29, 0.717) is 18.2 Å². The number of nitrogens with zero attached hydrogens (tertiary/aromatic N) is 6. The quantitative estimate of drug-likeness (QED) is 0.376.